The smallest absolute Gasteiger partial charge is 0.236 e. The lowest BCUT2D eigenvalue weighted by molar-refractivity contribution is -0.116. The first kappa shape index (κ1) is 14.4. The Bertz CT molecular complexity index is 471. The number of nitrogens with zero attached hydrogens (tertiary/aromatic N) is 1. The van der Waals surface area contributed by atoms with Crippen molar-refractivity contribution in [2.45, 2.75) is 26.8 Å². The lowest BCUT2D eigenvalue weighted by Crippen LogP contribution is -2.39. The van der Waals surface area contributed by atoms with Crippen LogP contribution in [0.25, 0.3) is 0 Å². The maximum absolute atomic E-state index is 11.2. The highest BCUT2D eigenvalue weighted by Gasteiger charge is 2.17. The molecular weight excluding hydrogens is 246 g/mol. The van der Waals surface area contributed by atoms with Gasteiger partial charge in [-0.25, -0.2) is 0 Å². The fourth-order valence-corrected chi connectivity index (χ4v) is 1.97. The van der Waals surface area contributed by atoms with Crippen molar-refractivity contribution >= 4 is 28.8 Å². The lowest BCUT2D eigenvalue weighted by Gasteiger charge is -2.29. The van der Waals surface area contributed by atoms with Crippen molar-refractivity contribution in [1.29, 1.82) is 0 Å². The van der Waals surface area contributed by atoms with Crippen LogP contribution < -0.4 is 16.4 Å². The summed E-state index contributed by atoms with van der Waals surface area (Å²) in [6, 6.07) is 5.93. The average Bonchev–Trinajstić information content (AvgIpc) is 2.24. The van der Waals surface area contributed by atoms with Gasteiger partial charge in [-0.05, 0) is 38.5 Å². The molecule has 0 aliphatic rings. The molecule has 1 amide bonds. The van der Waals surface area contributed by atoms with Crippen molar-refractivity contribution in [3.05, 3.63) is 29.3 Å². The molecule has 4 N–H and O–H groups in total. The molecule has 0 aliphatic carbocycles. The third kappa shape index (κ3) is 3.43. The van der Waals surface area contributed by atoms with Crippen LogP contribution in [0.5, 0.6) is 0 Å². The Kier molecular flexibility index (Phi) is 4.67. The van der Waals surface area contributed by atoms with Gasteiger partial charge >= 0.3 is 0 Å². The van der Waals surface area contributed by atoms with E-state index in [2.05, 4.69) is 0 Å². The van der Waals surface area contributed by atoms with E-state index in [-0.39, 0.29) is 18.5 Å². The standard InChI is InChI=1S/C13H19N3OS/c1-8(2)16(7-12(14)17)11-6-9(3)4-5-10(11)13(15)18/h4-6,8H,7H2,1-3H3,(H2,14,17)(H2,15,18). The van der Waals surface area contributed by atoms with Crippen LogP contribution in [0.4, 0.5) is 5.69 Å². The van der Waals surface area contributed by atoms with E-state index < -0.39 is 0 Å². The maximum atomic E-state index is 11.2. The van der Waals surface area contributed by atoms with Gasteiger partial charge in [-0.3, -0.25) is 4.79 Å². The summed E-state index contributed by atoms with van der Waals surface area (Å²) in [7, 11) is 0. The fraction of sp³-hybridized carbons (Fsp3) is 0.385. The molecule has 1 aromatic carbocycles. The first-order valence-electron chi connectivity index (χ1n) is 5.78. The molecule has 5 heteroatoms. The third-order valence-electron chi connectivity index (χ3n) is 2.68. The van der Waals surface area contributed by atoms with Gasteiger partial charge in [0.25, 0.3) is 0 Å². The third-order valence-corrected chi connectivity index (χ3v) is 2.90. The molecule has 0 bridgehead atoms. The van der Waals surface area contributed by atoms with Crippen molar-refractivity contribution in [2.75, 3.05) is 11.4 Å². The number of anilines is 1. The largest absolute Gasteiger partial charge is 0.389 e. The van der Waals surface area contributed by atoms with E-state index in [0.29, 0.717) is 4.99 Å². The van der Waals surface area contributed by atoms with Crippen LogP contribution in [0.1, 0.15) is 25.0 Å². The monoisotopic (exact) mass is 265 g/mol. The topological polar surface area (TPSA) is 72.3 Å². The summed E-state index contributed by atoms with van der Waals surface area (Å²) in [5.74, 6) is -0.376. The van der Waals surface area contributed by atoms with Gasteiger partial charge < -0.3 is 16.4 Å². The minimum atomic E-state index is -0.376. The quantitative estimate of drug-likeness (QED) is 0.788. The maximum Gasteiger partial charge on any atom is 0.236 e. The number of aryl methyl sites for hydroxylation is 1. The predicted octanol–water partition coefficient (Wildman–Crippen LogP) is 1.33. The Balaban J connectivity index is 3.29. The van der Waals surface area contributed by atoms with E-state index in [0.717, 1.165) is 16.8 Å². The molecule has 0 fully saturated rings. The number of benzene rings is 1. The number of thiocarbonyl (C=S) groups is 1. The Morgan fingerprint density at radius 3 is 2.44 bits per heavy atom. The van der Waals surface area contributed by atoms with Crippen LogP contribution in [0.3, 0.4) is 0 Å². The van der Waals surface area contributed by atoms with Gasteiger partial charge in [0.2, 0.25) is 5.91 Å². The molecular formula is C13H19N3OS. The summed E-state index contributed by atoms with van der Waals surface area (Å²) in [6.07, 6.45) is 0. The van der Waals surface area contributed by atoms with Crippen LogP contribution in [0.2, 0.25) is 0 Å². The Hall–Kier alpha value is -1.62. The lowest BCUT2D eigenvalue weighted by atomic mass is 10.1. The van der Waals surface area contributed by atoms with Gasteiger partial charge in [0.05, 0.1) is 6.54 Å². The number of rotatable bonds is 5. The van der Waals surface area contributed by atoms with Crippen LogP contribution in [-0.4, -0.2) is 23.5 Å². The normalized spacial score (nSPS) is 10.4. The number of hydrogen-bond acceptors (Lipinski definition) is 3. The van der Waals surface area contributed by atoms with Crippen molar-refractivity contribution in [1.82, 2.24) is 0 Å². The SMILES string of the molecule is Cc1ccc(C(N)=S)c(N(CC(N)=O)C(C)C)c1. The highest BCUT2D eigenvalue weighted by atomic mass is 32.1. The highest BCUT2D eigenvalue weighted by Crippen LogP contribution is 2.24. The number of nitrogens with two attached hydrogens (primary N) is 2. The number of carbonyl (C=O) groups excluding carboxylic acids is 1. The molecule has 0 saturated heterocycles. The minimum absolute atomic E-state index is 0.132. The number of carbonyl (C=O) groups is 1. The summed E-state index contributed by atoms with van der Waals surface area (Å²) in [5.41, 5.74) is 13.7. The molecule has 0 aromatic heterocycles. The zero-order valence-electron chi connectivity index (χ0n) is 10.9. The summed E-state index contributed by atoms with van der Waals surface area (Å²) in [4.78, 5) is 13.4. The highest BCUT2D eigenvalue weighted by molar-refractivity contribution is 7.80. The number of hydrogen-bond donors (Lipinski definition) is 2. The molecule has 18 heavy (non-hydrogen) atoms. The van der Waals surface area contributed by atoms with Crippen molar-refractivity contribution in [2.24, 2.45) is 11.5 Å². The molecule has 0 saturated carbocycles. The summed E-state index contributed by atoms with van der Waals surface area (Å²) >= 11 is 5.05. The summed E-state index contributed by atoms with van der Waals surface area (Å²) in [5, 5.41) is 0. The second-order valence-electron chi connectivity index (χ2n) is 4.57. The minimum Gasteiger partial charge on any atom is -0.389 e. The van der Waals surface area contributed by atoms with Gasteiger partial charge in [-0.2, -0.15) is 0 Å². The zero-order valence-corrected chi connectivity index (χ0v) is 11.8. The van der Waals surface area contributed by atoms with E-state index in [1.54, 1.807) is 0 Å². The van der Waals surface area contributed by atoms with E-state index >= 15 is 0 Å². The van der Waals surface area contributed by atoms with Crippen LogP contribution in [0, 0.1) is 6.92 Å². The molecule has 0 atom stereocenters. The molecule has 0 aliphatic heterocycles. The van der Waals surface area contributed by atoms with E-state index in [9.17, 15) is 4.79 Å². The van der Waals surface area contributed by atoms with Crippen molar-refractivity contribution < 1.29 is 4.79 Å². The molecule has 0 heterocycles. The van der Waals surface area contributed by atoms with Crippen LogP contribution >= 0.6 is 12.2 Å². The predicted molar refractivity (Wildman–Crippen MR) is 78.7 cm³/mol. The molecule has 0 radical (unpaired) electrons. The number of primary amides is 1. The second kappa shape index (κ2) is 5.82. The van der Waals surface area contributed by atoms with Gasteiger partial charge in [-0.15, -0.1) is 0 Å². The molecule has 1 aromatic rings. The molecule has 98 valence electrons. The summed E-state index contributed by atoms with van der Waals surface area (Å²) in [6.45, 7) is 6.12. The van der Waals surface area contributed by atoms with Gasteiger partial charge in [0.1, 0.15) is 4.99 Å². The Labute approximate surface area is 113 Å². The molecule has 4 nitrogen and oxygen atoms in total. The molecule has 0 unspecified atom stereocenters. The molecule has 0 spiro atoms. The van der Waals surface area contributed by atoms with Crippen LogP contribution in [-0.2, 0) is 4.79 Å². The molecule has 1 rings (SSSR count). The first-order valence-corrected chi connectivity index (χ1v) is 6.19. The van der Waals surface area contributed by atoms with Crippen molar-refractivity contribution in [3.63, 3.8) is 0 Å². The number of amides is 1. The average molecular weight is 265 g/mol. The summed E-state index contributed by atoms with van der Waals surface area (Å²) < 4.78 is 0. The second-order valence-corrected chi connectivity index (χ2v) is 5.01. The van der Waals surface area contributed by atoms with E-state index in [1.807, 2.05) is 43.9 Å². The Morgan fingerprint density at radius 1 is 1.39 bits per heavy atom. The van der Waals surface area contributed by atoms with Gasteiger partial charge in [0.15, 0.2) is 0 Å². The van der Waals surface area contributed by atoms with E-state index in [4.69, 9.17) is 23.7 Å². The van der Waals surface area contributed by atoms with E-state index in [1.165, 1.54) is 0 Å². The fourth-order valence-electron chi connectivity index (χ4n) is 1.80. The first-order chi connectivity index (χ1) is 8.32. The van der Waals surface area contributed by atoms with Gasteiger partial charge in [0, 0.05) is 17.3 Å². The van der Waals surface area contributed by atoms with Crippen LogP contribution in [0.15, 0.2) is 18.2 Å². The van der Waals surface area contributed by atoms with Gasteiger partial charge in [-0.1, -0.05) is 18.3 Å². The zero-order chi connectivity index (χ0) is 13.9. The van der Waals surface area contributed by atoms with Crippen molar-refractivity contribution in [3.8, 4) is 0 Å². The Morgan fingerprint density at radius 2 is 2.00 bits per heavy atom.